The Labute approximate surface area is 133 Å². The summed E-state index contributed by atoms with van der Waals surface area (Å²) < 4.78 is 0. The van der Waals surface area contributed by atoms with E-state index >= 15 is 0 Å². The van der Waals surface area contributed by atoms with Gasteiger partial charge in [0.2, 0.25) is 0 Å². The van der Waals surface area contributed by atoms with Crippen molar-refractivity contribution < 1.29 is 0 Å². The molecule has 0 aliphatic carbocycles. The van der Waals surface area contributed by atoms with Crippen molar-refractivity contribution in [3.05, 3.63) is 72.1 Å². The van der Waals surface area contributed by atoms with E-state index in [0.29, 0.717) is 0 Å². The second kappa shape index (κ2) is 5.93. The van der Waals surface area contributed by atoms with E-state index in [-0.39, 0.29) is 0 Å². The molecule has 112 valence electrons. The molecule has 4 rings (SSSR count). The van der Waals surface area contributed by atoms with Crippen LogP contribution in [-0.4, -0.2) is 22.4 Å². The van der Waals surface area contributed by atoms with Crippen LogP contribution in [0.15, 0.2) is 71.1 Å². The van der Waals surface area contributed by atoms with Crippen molar-refractivity contribution >= 4 is 34.2 Å². The molecule has 0 saturated heterocycles. The van der Waals surface area contributed by atoms with Gasteiger partial charge in [0.15, 0.2) is 0 Å². The minimum atomic E-state index is 0.759. The molecule has 0 aliphatic heterocycles. The van der Waals surface area contributed by atoms with E-state index in [1.165, 1.54) is 10.9 Å². The third kappa shape index (κ3) is 2.66. The molecular weight excluding hydrogens is 284 g/mol. The number of aromatic amines is 2. The highest BCUT2D eigenvalue weighted by molar-refractivity contribution is 5.99. The van der Waals surface area contributed by atoms with Crippen LogP contribution in [-0.2, 0) is 6.42 Å². The SMILES string of the molecule is C(/Cc1c[nH]c2ccccc12)=N\N=C\c1c[nH]c2ccccc12. The Morgan fingerprint density at radius 2 is 1.48 bits per heavy atom. The smallest absolute Gasteiger partial charge is 0.0589 e. The van der Waals surface area contributed by atoms with Crippen LogP contribution < -0.4 is 0 Å². The molecule has 0 atom stereocenters. The van der Waals surface area contributed by atoms with E-state index in [9.17, 15) is 0 Å². The first-order valence-electron chi connectivity index (χ1n) is 7.58. The molecule has 4 heteroatoms. The third-order valence-electron chi connectivity index (χ3n) is 3.95. The maximum atomic E-state index is 4.16. The summed E-state index contributed by atoms with van der Waals surface area (Å²) >= 11 is 0. The number of nitrogens with zero attached hydrogens (tertiary/aromatic N) is 2. The lowest BCUT2D eigenvalue weighted by Crippen LogP contribution is -1.83. The van der Waals surface area contributed by atoms with Crippen LogP contribution in [0, 0.1) is 0 Å². The second-order valence-electron chi connectivity index (χ2n) is 5.40. The van der Waals surface area contributed by atoms with E-state index in [4.69, 9.17) is 0 Å². The first-order valence-corrected chi connectivity index (χ1v) is 7.58. The Kier molecular flexibility index (Phi) is 3.48. The zero-order valence-electron chi connectivity index (χ0n) is 12.5. The van der Waals surface area contributed by atoms with Crippen molar-refractivity contribution in [2.24, 2.45) is 10.2 Å². The highest BCUT2D eigenvalue weighted by atomic mass is 15.2. The quantitative estimate of drug-likeness (QED) is 0.417. The normalized spacial score (nSPS) is 12.2. The van der Waals surface area contributed by atoms with E-state index < -0.39 is 0 Å². The van der Waals surface area contributed by atoms with Crippen molar-refractivity contribution in [1.82, 2.24) is 9.97 Å². The number of aromatic nitrogens is 2. The lowest BCUT2D eigenvalue weighted by Gasteiger charge is -1.92. The topological polar surface area (TPSA) is 56.3 Å². The molecule has 2 N–H and O–H groups in total. The number of H-pyrrole nitrogens is 2. The van der Waals surface area contributed by atoms with Gasteiger partial charge in [-0.25, -0.2) is 0 Å². The minimum absolute atomic E-state index is 0.759. The molecule has 0 amide bonds. The summed E-state index contributed by atoms with van der Waals surface area (Å²) in [6.07, 6.45) is 8.35. The summed E-state index contributed by atoms with van der Waals surface area (Å²) in [4.78, 5) is 6.49. The van der Waals surface area contributed by atoms with Crippen LogP contribution in [0.1, 0.15) is 11.1 Å². The molecule has 0 unspecified atom stereocenters. The first-order chi connectivity index (χ1) is 11.4. The summed E-state index contributed by atoms with van der Waals surface area (Å²) in [6, 6.07) is 16.4. The molecule has 0 spiro atoms. The van der Waals surface area contributed by atoms with Gasteiger partial charge in [0, 0.05) is 52.4 Å². The van der Waals surface area contributed by atoms with Crippen molar-refractivity contribution in [2.45, 2.75) is 6.42 Å². The standard InChI is InChI=1S/C19H16N4/c1-3-7-18-16(5-1)14(11-20-18)9-10-22-23-13-15-12-21-19-8-4-2-6-17(15)19/h1-8,10-13,20-21H,9H2/b22-10+,23-13+. The summed E-state index contributed by atoms with van der Waals surface area (Å²) in [5.74, 6) is 0. The zero-order chi connectivity index (χ0) is 15.5. The largest absolute Gasteiger partial charge is 0.361 e. The van der Waals surface area contributed by atoms with Crippen LogP contribution in [0.5, 0.6) is 0 Å². The maximum Gasteiger partial charge on any atom is 0.0589 e. The molecule has 23 heavy (non-hydrogen) atoms. The fourth-order valence-corrected chi connectivity index (χ4v) is 2.78. The highest BCUT2D eigenvalue weighted by Gasteiger charge is 2.01. The van der Waals surface area contributed by atoms with Crippen LogP contribution in [0.4, 0.5) is 0 Å². The summed E-state index contributed by atoms with van der Waals surface area (Å²) in [7, 11) is 0. The molecule has 0 fully saturated rings. The number of nitrogens with one attached hydrogen (secondary N) is 2. The van der Waals surface area contributed by atoms with Gasteiger partial charge >= 0.3 is 0 Å². The van der Waals surface area contributed by atoms with Crippen LogP contribution in [0.2, 0.25) is 0 Å². The monoisotopic (exact) mass is 300 g/mol. The van der Waals surface area contributed by atoms with Gasteiger partial charge in [0.25, 0.3) is 0 Å². The summed E-state index contributed by atoms with van der Waals surface area (Å²) in [5, 5.41) is 10.7. The number of benzene rings is 2. The Morgan fingerprint density at radius 3 is 2.35 bits per heavy atom. The van der Waals surface area contributed by atoms with Gasteiger partial charge in [-0.05, 0) is 17.7 Å². The van der Waals surface area contributed by atoms with Crippen molar-refractivity contribution in [3.63, 3.8) is 0 Å². The predicted octanol–water partition coefficient (Wildman–Crippen LogP) is 4.30. The zero-order valence-corrected chi connectivity index (χ0v) is 12.5. The van der Waals surface area contributed by atoms with Gasteiger partial charge in [-0.2, -0.15) is 10.2 Å². The number of hydrogen-bond donors (Lipinski definition) is 2. The lowest BCUT2D eigenvalue weighted by molar-refractivity contribution is 1.23. The molecule has 0 radical (unpaired) electrons. The molecule has 2 aromatic carbocycles. The highest BCUT2D eigenvalue weighted by Crippen LogP contribution is 2.17. The van der Waals surface area contributed by atoms with E-state index in [2.05, 4.69) is 38.4 Å². The Bertz CT molecular complexity index is 1000. The van der Waals surface area contributed by atoms with Crippen LogP contribution in [0.3, 0.4) is 0 Å². The molecular formula is C19H16N4. The number of rotatable bonds is 4. The first kappa shape index (κ1) is 13.5. The lowest BCUT2D eigenvalue weighted by atomic mass is 10.1. The van der Waals surface area contributed by atoms with Crippen molar-refractivity contribution in [1.29, 1.82) is 0 Å². The van der Waals surface area contributed by atoms with Gasteiger partial charge in [-0.1, -0.05) is 36.4 Å². The average molecular weight is 300 g/mol. The van der Waals surface area contributed by atoms with Crippen molar-refractivity contribution in [2.75, 3.05) is 0 Å². The van der Waals surface area contributed by atoms with E-state index in [0.717, 1.165) is 28.4 Å². The maximum absolute atomic E-state index is 4.16. The van der Waals surface area contributed by atoms with Gasteiger partial charge in [0.1, 0.15) is 0 Å². The van der Waals surface area contributed by atoms with Crippen LogP contribution >= 0.6 is 0 Å². The van der Waals surface area contributed by atoms with Crippen molar-refractivity contribution in [3.8, 4) is 0 Å². The Hall–Kier alpha value is -3.14. The van der Waals surface area contributed by atoms with E-state index in [1.807, 2.05) is 48.9 Å². The fourth-order valence-electron chi connectivity index (χ4n) is 2.78. The Morgan fingerprint density at radius 1 is 0.783 bits per heavy atom. The molecule has 4 nitrogen and oxygen atoms in total. The predicted molar refractivity (Wildman–Crippen MR) is 96.4 cm³/mol. The number of para-hydroxylation sites is 2. The van der Waals surface area contributed by atoms with Crippen LogP contribution in [0.25, 0.3) is 21.8 Å². The van der Waals surface area contributed by atoms with Gasteiger partial charge in [0.05, 0.1) is 6.21 Å². The van der Waals surface area contributed by atoms with E-state index in [1.54, 1.807) is 6.21 Å². The molecule has 4 aromatic rings. The number of hydrogen-bond acceptors (Lipinski definition) is 2. The Balaban J connectivity index is 1.47. The van der Waals surface area contributed by atoms with Gasteiger partial charge in [-0.3, -0.25) is 0 Å². The molecule has 2 aromatic heterocycles. The molecule has 2 heterocycles. The van der Waals surface area contributed by atoms with Gasteiger partial charge < -0.3 is 9.97 Å². The van der Waals surface area contributed by atoms with Gasteiger partial charge in [-0.15, -0.1) is 0 Å². The number of fused-ring (bicyclic) bond motifs is 2. The molecule has 0 aliphatic rings. The molecule has 0 saturated carbocycles. The average Bonchev–Trinajstić information content (AvgIpc) is 3.19. The minimum Gasteiger partial charge on any atom is -0.361 e. The third-order valence-corrected chi connectivity index (χ3v) is 3.95. The summed E-state index contributed by atoms with van der Waals surface area (Å²) in [5.41, 5.74) is 4.53. The fraction of sp³-hybridized carbons (Fsp3) is 0.0526. The second-order valence-corrected chi connectivity index (χ2v) is 5.40. The summed E-state index contributed by atoms with van der Waals surface area (Å²) in [6.45, 7) is 0. The molecule has 0 bridgehead atoms.